The first-order valence-electron chi connectivity index (χ1n) is 7.81. The molecule has 1 saturated heterocycles. The Labute approximate surface area is 148 Å². The number of thiazole rings is 1. The summed E-state index contributed by atoms with van der Waals surface area (Å²) in [7, 11) is 0. The third-order valence-electron chi connectivity index (χ3n) is 3.88. The lowest BCUT2D eigenvalue weighted by molar-refractivity contribution is -0.118. The normalized spacial score (nSPS) is 17.4. The Kier molecular flexibility index (Phi) is 5.46. The summed E-state index contributed by atoms with van der Waals surface area (Å²) in [4.78, 5) is 18.8. The lowest BCUT2D eigenvalue weighted by Gasteiger charge is -2.22. The molecule has 1 aromatic heterocycles. The van der Waals surface area contributed by atoms with E-state index in [1.165, 1.54) is 11.3 Å². The number of benzene rings is 1. The summed E-state index contributed by atoms with van der Waals surface area (Å²) in [6.45, 7) is 3.27. The Morgan fingerprint density at radius 2 is 2.22 bits per heavy atom. The maximum absolute atomic E-state index is 12.3. The van der Waals surface area contributed by atoms with Gasteiger partial charge >= 0.3 is 0 Å². The van der Waals surface area contributed by atoms with Crippen LogP contribution in [0.1, 0.15) is 26.2 Å². The molecule has 1 aliphatic heterocycles. The molecule has 0 aliphatic carbocycles. The summed E-state index contributed by atoms with van der Waals surface area (Å²) in [5.41, 5.74) is 1.95. The highest BCUT2D eigenvalue weighted by Crippen LogP contribution is 2.29. The predicted octanol–water partition coefficient (Wildman–Crippen LogP) is 4.49. The molecule has 0 saturated carbocycles. The summed E-state index contributed by atoms with van der Waals surface area (Å²) in [6.07, 6.45) is 2.68. The number of carbonyl (C=O) groups excluding carboxylic acids is 1. The van der Waals surface area contributed by atoms with Crippen molar-refractivity contribution in [2.24, 2.45) is 0 Å². The number of hydrogen-bond donors (Lipinski definition) is 0. The number of ether oxygens (including phenoxy) is 1. The van der Waals surface area contributed by atoms with Crippen LogP contribution in [0.3, 0.4) is 0 Å². The van der Waals surface area contributed by atoms with E-state index in [1.54, 1.807) is 4.90 Å². The van der Waals surface area contributed by atoms with Gasteiger partial charge in [-0.15, -0.1) is 11.3 Å². The number of aromatic nitrogens is 1. The molecule has 0 radical (unpaired) electrons. The maximum Gasteiger partial charge on any atom is 0.228 e. The lowest BCUT2D eigenvalue weighted by Crippen LogP contribution is -2.37. The molecule has 0 bridgehead atoms. The van der Waals surface area contributed by atoms with Crippen molar-refractivity contribution in [3.05, 3.63) is 34.1 Å². The molecule has 6 heteroatoms. The average molecular weight is 395 g/mol. The number of rotatable bonds is 5. The van der Waals surface area contributed by atoms with Crippen LogP contribution in [-0.4, -0.2) is 30.1 Å². The summed E-state index contributed by atoms with van der Waals surface area (Å²) in [5, 5.41) is 2.76. The van der Waals surface area contributed by atoms with Gasteiger partial charge in [0.15, 0.2) is 5.13 Å². The molecular formula is C17H19BrN2O2S. The molecular weight excluding hydrogens is 376 g/mol. The fourth-order valence-electron chi connectivity index (χ4n) is 2.61. The van der Waals surface area contributed by atoms with Crippen LogP contribution in [0.4, 0.5) is 5.13 Å². The molecule has 1 unspecified atom stereocenters. The molecule has 0 N–H and O–H groups in total. The Morgan fingerprint density at radius 1 is 1.43 bits per heavy atom. The SMILES string of the molecule is CCC(=O)N(CC1CCCO1)c1nc(-c2ccc(Br)cc2)cs1. The summed E-state index contributed by atoms with van der Waals surface area (Å²) in [5.74, 6) is 0.0946. The lowest BCUT2D eigenvalue weighted by atomic mass is 10.2. The van der Waals surface area contributed by atoms with E-state index in [4.69, 9.17) is 4.74 Å². The second kappa shape index (κ2) is 7.55. The first kappa shape index (κ1) is 16.6. The van der Waals surface area contributed by atoms with E-state index >= 15 is 0 Å². The Bertz CT molecular complexity index is 665. The van der Waals surface area contributed by atoms with Gasteiger partial charge in [0.1, 0.15) is 0 Å². The van der Waals surface area contributed by atoms with Crippen molar-refractivity contribution in [1.82, 2.24) is 4.98 Å². The van der Waals surface area contributed by atoms with Crippen LogP contribution in [0, 0.1) is 0 Å². The van der Waals surface area contributed by atoms with E-state index in [0.717, 1.165) is 40.3 Å². The van der Waals surface area contributed by atoms with E-state index in [2.05, 4.69) is 20.9 Å². The van der Waals surface area contributed by atoms with Crippen molar-refractivity contribution in [2.75, 3.05) is 18.1 Å². The van der Waals surface area contributed by atoms with Gasteiger partial charge in [0.2, 0.25) is 5.91 Å². The molecule has 1 aliphatic rings. The summed E-state index contributed by atoms with van der Waals surface area (Å²) >= 11 is 4.95. The largest absolute Gasteiger partial charge is 0.376 e. The molecule has 122 valence electrons. The maximum atomic E-state index is 12.3. The zero-order valence-electron chi connectivity index (χ0n) is 13.0. The highest BCUT2D eigenvalue weighted by molar-refractivity contribution is 9.10. The second-order valence-electron chi connectivity index (χ2n) is 5.52. The molecule has 2 aromatic rings. The van der Waals surface area contributed by atoms with Crippen LogP contribution in [0.2, 0.25) is 0 Å². The van der Waals surface area contributed by atoms with Gasteiger partial charge in [-0.2, -0.15) is 0 Å². The van der Waals surface area contributed by atoms with Crippen LogP contribution in [0.5, 0.6) is 0 Å². The van der Waals surface area contributed by atoms with Gasteiger partial charge in [0.25, 0.3) is 0 Å². The fourth-order valence-corrected chi connectivity index (χ4v) is 3.74. The number of carbonyl (C=O) groups is 1. The Morgan fingerprint density at radius 3 is 2.87 bits per heavy atom. The van der Waals surface area contributed by atoms with Gasteiger partial charge in [-0.1, -0.05) is 35.0 Å². The van der Waals surface area contributed by atoms with E-state index in [0.29, 0.717) is 13.0 Å². The van der Waals surface area contributed by atoms with Crippen molar-refractivity contribution in [3.63, 3.8) is 0 Å². The van der Waals surface area contributed by atoms with E-state index in [-0.39, 0.29) is 12.0 Å². The minimum Gasteiger partial charge on any atom is -0.376 e. The van der Waals surface area contributed by atoms with Gasteiger partial charge < -0.3 is 4.74 Å². The van der Waals surface area contributed by atoms with Crippen molar-refractivity contribution >= 4 is 38.3 Å². The zero-order valence-corrected chi connectivity index (χ0v) is 15.4. The van der Waals surface area contributed by atoms with Crippen molar-refractivity contribution < 1.29 is 9.53 Å². The quantitative estimate of drug-likeness (QED) is 0.749. The molecule has 2 heterocycles. The van der Waals surface area contributed by atoms with Crippen LogP contribution in [0.15, 0.2) is 34.1 Å². The van der Waals surface area contributed by atoms with Crippen LogP contribution >= 0.6 is 27.3 Å². The van der Waals surface area contributed by atoms with Gasteiger partial charge in [-0.05, 0) is 25.0 Å². The molecule has 1 fully saturated rings. The molecule has 23 heavy (non-hydrogen) atoms. The van der Waals surface area contributed by atoms with Gasteiger partial charge in [0, 0.05) is 28.4 Å². The third kappa shape index (κ3) is 4.00. The number of hydrogen-bond acceptors (Lipinski definition) is 4. The second-order valence-corrected chi connectivity index (χ2v) is 7.27. The third-order valence-corrected chi connectivity index (χ3v) is 5.27. The number of anilines is 1. The minimum absolute atomic E-state index is 0.0946. The summed E-state index contributed by atoms with van der Waals surface area (Å²) in [6, 6.07) is 8.04. The average Bonchev–Trinajstić information content (AvgIpc) is 3.24. The van der Waals surface area contributed by atoms with Crippen molar-refractivity contribution in [2.45, 2.75) is 32.3 Å². The van der Waals surface area contributed by atoms with Crippen molar-refractivity contribution in [3.8, 4) is 11.3 Å². The predicted molar refractivity (Wildman–Crippen MR) is 96.9 cm³/mol. The highest BCUT2D eigenvalue weighted by Gasteiger charge is 2.25. The minimum atomic E-state index is 0.0946. The van der Waals surface area contributed by atoms with Crippen LogP contribution in [-0.2, 0) is 9.53 Å². The van der Waals surface area contributed by atoms with Gasteiger partial charge in [-0.3, -0.25) is 9.69 Å². The fraction of sp³-hybridized carbons (Fsp3) is 0.412. The van der Waals surface area contributed by atoms with Crippen LogP contribution < -0.4 is 4.90 Å². The Hall–Kier alpha value is -1.24. The number of amides is 1. The number of halogens is 1. The first-order chi connectivity index (χ1) is 11.2. The van der Waals surface area contributed by atoms with Crippen LogP contribution in [0.25, 0.3) is 11.3 Å². The van der Waals surface area contributed by atoms with Crippen molar-refractivity contribution in [1.29, 1.82) is 0 Å². The Balaban J connectivity index is 1.81. The molecule has 1 amide bonds. The number of nitrogens with zero attached hydrogens (tertiary/aromatic N) is 2. The molecule has 4 nitrogen and oxygen atoms in total. The van der Waals surface area contributed by atoms with Gasteiger partial charge in [0.05, 0.1) is 18.3 Å². The first-order valence-corrected chi connectivity index (χ1v) is 9.48. The molecule has 1 atom stereocenters. The highest BCUT2D eigenvalue weighted by atomic mass is 79.9. The molecule has 3 rings (SSSR count). The van der Waals surface area contributed by atoms with Gasteiger partial charge in [-0.25, -0.2) is 4.98 Å². The monoisotopic (exact) mass is 394 g/mol. The standard InChI is InChI=1S/C17H19BrN2O2S/c1-2-16(21)20(10-14-4-3-9-22-14)17-19-15(11-23-17)12-5-7-13(18)8-6-12/h5-8,11,14H,2-4,9-10H2,1H3. The topological polar surface area (TPSA) is 42.4 Å². The van der Waals surface area contributed by atoms with E-state index in [9.17, 15) is 4.79 Å². The zero-order chi connectivity index (χ0) is 16.2. The molecule has 0 spiro atoms. The summed E-state index contributed by atoms with van der Waals surface area (Å²) < 4.78 is 6.72. The van der Waals surface area contributed by atoms with E-state index in [1.807, 2.05) is 36.6 Å². The van der Waals surface area contributed by atoms with E-state index < -0.39 is 0 Å². The molecule has 1 aromatic carbocycles. The smallest absolute Gasteiger partial charge is 0.228 e.